The Morgan fingerprint density at radius 2 is 1.58 bits per heavy atom. The predicted octanol–water partition coefficient (Wildman–Crippen LogP) is -0.294. The summed E-state index contributed by atoms with van der Waals surface area (Å²) in [6.45, 7) is 2.86. The van der Waals surface area contributed by atoms with Crippen LogP contribution in [0, 0.1) is 11.8 Å². The van der Waals surface area contributed by atoms with Crippen LogP contribution >= 0.6 is 12.6 Å². The van der Waals surface area contributed by atoms with Crippen molar-refractivity contribution in [2.24, 2.45) is 11.8 Å². The molecule has 1 amide bonds. The monoisotopic (exact) mass is 665 g/mol. The number of carbonyl (C=O) groups excluding carboxylic acids is 1. The van der Waals surface area contributed by atoms with Gasteiger partial charge in [0.05, 0.1) is 30.7 Å². The van der Waals surface area contributed by atoms with Crippen LogP contribution in [0.25, 0.3) is 0 Å². The van der Waals surface area contributed by atoms with Crippen LogP contribution in [0.2, 0.25) is 0 Å². The molecule has 0 radical (unpaired) electrons. The Morgan fingerprint density at radius 3 is 2.22 bits per heavy atom. The van der Waals surface area contributed by atoms with Crippen molar-refractivity contribution in [2.75, 3.05) is 12.4 Å². The fourth-order valence-electron chi connectivity index (χ4n) is 7.02. The Morgan fingerprint density at radius 1 is 0.867 bits per heavy atom. The van der Waals surface area contributed by atoms with Crippen molar-refractivity contribution in [3.63, 3.8) is 0 Å². The molecule has 0 aromatic carbocycles. The molecule has 2 saturated heterocycles. The Labute approximate surface area is 269 Å². The lowest BCUT2D eigenvalue weighted by molar-refractivity contribution is -0.336. The lowest BCUT2D eigenvalue weighted by atomic mass is 9.85. The molecular formula is C30H51NO13S. The molecule has 0 bridgehead atoms. The molecule has 45 heavy (non-hydrogen) atoms. The van der Waals surface area contributed by atoms with Gasteiger partial charge in [0.25, 0.3) is 0 Å². The second-order valence-corrected chi connectivity index (χ2v) is 13.3. The molecule has 4 rings (SSSR count). The van der Waals surface area contributed by atoms with E-state index in [0.717, 1.165) is 44.9 Å². The molecular weight excluding hydrogens is 614 g/mol. The molecule has 4 aliphatic rings. The molecule has 0 spiro atoms. The van der Waals surface area contributed by atoms with Gasteiger partial charge in [-0.1, -0.05) is 45.4 Å². The van der Waals surface area contributed by atoms with Crippen LogP contribution in [-0.2, 0) is 33.3 Å². The van der Waals surface area contributed by atoms with Gasteiger partial charge in [0.2, 0.25) is 5.91 Å². The van der Waals surface area contributed by atoms with E-state index < -0.39 is 98.1 Å². The number of nitrogens with one attached hydrogen (secondary N) is 1. The van der Waals surface area contributed by atoms with Gasteiger partial charge < -0.3 is 59.6 Å². The number of hydrogen-bond acceptors (Lipinski definition) is 13. The normalized spacial score (nSPS) is 42.2. The fourth-order valence-corrected chi connectivity index (χ4v) is 7.11. The number of aliphatic hydroxyl groups excluding tert-OH is 5. The van der Waals surface area contributed by atoms with Crippen molar-refractivity contribution in [1.29, 1.82) is 0 Å². The number of carboxylic acids is 1. The standard InChI is InChI=1S/C30H51NO13S/c1-14-7-6-10-17(26(14)44-30-25(37)24(36)22(34)15(2)40-30)42-29-21(31-20(33)13-45)27(23(35)19(12-32)43-29)41-18(28(38)39)11-16-8-4-3-5-9-16/h14-19,21-27,29-30,32,34-37,45H,3-13H2,1-2H3,(H,31,33)(H,38,39)/t14-,15?,17-,18+,19+,21?,22-,23+,24+,25?,26?,27?,29-,30+/m1/s1. The first-order chi connectivity index (χ1) is 21.4. The van der Waals surface area contributed by atoms with Gasteiger partial charge >= 0.3 is 5.97 Å². The smallest absolute Gasteiger partial charge is 0.332 e. The average Bonchev–Trinajstić information content (AvgIpc) is 3.02. The molecule has 5 unspecified atom stereocenters. The summed E-state index contributed by atoms with van der Waals surface area (Å²) in [5, 5.41) is 65.1. The number of hydrogen-bond donors (Lipinski definition) is 8. The van der Waals surface area contributed by atoms with Gasteiger partial charge in [-0.25, -0.2) is 4.79 Å². The van der Waals surface area contributed by atoms with Gasteiger partial charge in [-0.2, -0.15) is 12.6 Å². The maximum absolute atomic E-state index is 12.6. The first-order valence-corrected chi connectivity index (χ1v) is 16.8. The lowest BCUT2D eigenvalue weighted by Gasteiger charge is -2.48. The molecule has 7 N–H and O–H groups in total. The van der Waals surface area contributed by atoms with Crippen molar-refractivity contribution in [3.8, 4) is 0 Å². The topological polar surface area (TPSA) is 214 Å². The van der Waals surface area contributed by atoms with Crippen molar-refractivity contribution < 1.29 is 63.9 Å². The third-order valence-corrected chi connectivity index (χ3v) is 9.96. The molecule has 4 fully saturated rings. The van der Waals surface area contributed by atoms with Crippen LogP contribution in [0.4, 0.5) is 0 Å². The number of amides is 1. The van der Waals surface area contributed by atoms with Gasteiger partial charge in [-0.05, 0) is 38.0 Å². The molecule has 14 nitrogen and oxygen atoms in total. The summed E-state index contributed by atoms with van der Waals surface area (Å²) < 4.78 is 30.4. The van der Waals surface area contributed by atoms with Crippen LogP contribution in [0.15, 0.2) is 0 Å². The van der Waals surface area contributed by atoms with Gasteiger partial charge in [0, 0.05) is 0 Å². The third kappa shape index (κ3) is 9.08. The minimum Gasteiger partial charge on any atom is -0.479 e. The zero-order chi connectivity index (χ0) is 32.8. The highest BCUT2D eigenvalue weighted by molar-refractivity contribution is 7.81. The number of rotatable bonds is 12. The zero-order valence-electron chi connectivity index (χ0n) is 25.9. The summed E-state index contributed by atoms with van der Waals surface area (Å²) in [5.74, 6) is -1.91. The van der Waals surface area contributed by atoms with Crippen LogP contribution in [-0.4, -0.2) is 135 Å². The molecule has 0 aromatic rings. The average molecular weight is 666 g/mol. The van der Waals surface area contributed by atoms with E-state index in [1.807, 2.05) is 6.92 Å². The maximum atomic E-state index is 12.6. The van der Waals surface area contributed by atoms with Gasteiger partial charge in [-0.15, -0.1) is 0 Å². The highest BCUT2D eigenvalue weighted by Gasteiger charge is 2.51. The molecule has 2 heterocycles. The van der Waals surface area contributed by atoms with Crippen LogP contribution in [0.1, 0.15) is 71.6 Å². The van der Waals surface area contributed by atoms with Crippen molar-refractivity contribution in [1.82, 2.24) is 5.32 Å². The van der Waals surface area contributed by atoms with Gasteiger partial charge in [-0.3, -0.25) is 4.79 Å². The minimum absolute atomic E-state index is 0.105. The van der Waals surface area contributed by atoms with Crippen LogP contribution in [0.5, 0.6) is 0 Å². The number of thiol groups is 1. The Hall–Kier alpha value is -1.11. The lowest BCUT2D eigenvalue weighted by Crippen LogP contribution is -2.67. The van der Waals surface area contributed by atoms with E-state index in [1.54, 1.807) is 6.92 Å². The first kappa shape index (κ1) is 36.7. The number of carboxylic acid groups (broad SMARTS) is 1. The summed E-state index contributed by atoms with van der Waals surface area (Å²) in [6.07, 6.45) is -7.28. The molecule has 2 saturated carbocycles. The highest BCUT2D eigenvalue weighted by atomic mass is 32.1. The number of carbonyl (C=O) groups is 2. The predicted molar refractivity (Wildman–Crippen MR) is 160 cm³/mol. The van der Waals surface area contributed by atoms with E-state index in [1.165, 1.54) is 0 Å². The largest absolute Gasteiger partial charge is 0.479 e. The Balaban J connectivity index is 1.57. The van der Waals surface area contributed by atoms with E-state index in [9.17, 15) is 40.2 Å². The van der Waals surface area contributed by atoms with Crippen LogP contribution in [0.3, 0.4) is 0 Å². The zero-order valence-corrected chi connectivity index (χ0v) is 26.8. The summed E-state index contributed by atoms with van der Waals surface area (Å²) in [4.78, 5) is 25.0. The summed E-state index contributed by atoms with van der Waals surface area (Å²) in [6, 6.07) is -1.18. The quantitative estimate of drug-likeness (QED) is 0.126. The van der Waals surface area contributed by atoms with Crippen LogP contribution < -0.4 is 5.32 Å². The van der Waals surface area contributed by atoms with Gasteiger partial charge in [0.1, 0.15) is 42.7 Å². The third-order valence-electron chi connectivity index (χ3n) is 9.68. The van der Waals surface area contributed by atoms with E-state index >= 15 is 0 Å². The molecule has 15 heteroatoms. The van der Waals surface area contributed by atoms with Crippen molar-refractivity contribution in [2.45, 2.75) is 151 Å². The Kier molecular flexibility index (Phi) is 13.7. The maximum Gasteiger partial charge on any atom is 0.332 e. The number of aliphatic hydroxyl groups is 5. The van der Waals surface area contributed by atoms with E-state index in [-0.39, 0.29) is 24.0 Å². The minimum atomic E-state index is -1.52. The molecule has 260 valence electrons. The van der Waals surface area contributed by atoms with Gasteiger partial charge in [0.15, 0.2) is 18.7 Å². The summed E-state index contributed by atoms with van der Waals surface area (Å²) in [7, 11) is 0. The summed E-state index contributed by atoms with van der Waals surface area (Å²) in [5.41, 5.74) is 0. The van der Waals surface area contributed by atoms with Crippen molar-refractivity contribution >= 4 is 24.5 Å². The molecule has 2 aliphatic carbocycles. The molecule has 14 atom stereocenters. The fraction of sp³-hybridized carbons (Fsp3) is 0.933. The van der Waals surface area contributed by atoms with Crippen molar-refractivity contribution in [3.05, 3.63) is 0 Å². The van der Waals surface area contributed by atoms with E-state index in [2.05, 4.69) is 17.9 Å². The van der Waals surface area contributed by atoms with E-state index in [4.69, 9.17) is 23.7 Å². The number of aliphatic carboxylic acids is 1. The molecule has 0 aromatic heterocycles. The second kappa shape index (κ2) is 16.8. The second-order valence-electron chi connectivity index (χ2n) is 13.0. The SMILES string of the molecule is CC1O[C@@H](OC2[C@H](C)CCC[C@H]2O[C@@H]2O[C@@H](CO)[C@H](O)C(O[C@@H](CC3CCCCC3)C(=O)O)C2NC(=O)CS)C(O)[C@@H](O)[C@@H]1O. The Bertz CT molecular complexity index is 957. The summed E-state index contributed by atoms with van der Waals surface area (Å²) >= 11 is 4.06. The highest BCUT2D eigenvalue weighted by Crippen LogP contribution is 2.36. The first-order valence-electron chi connectivity index (χ1n) is 16.2. The van der Waals surface area contributed by atoms with E-state index in [0.29, 0.717) is 6.42 Å². The molecule has 2 aliphatic heterocycles. The number of ether oxygens (including phenoxy) is 5.